The second-order valence-electron chi connectivity index (χ2n) is 6.11. The van der Waals surface area contributed by atoms with Gasteiger partial charge in [0, 0.05) is 22.8 Å². The van der Waals surface area contributed by atoms with E-state index in [1.165, 1.54) is 0 Å². The Balaban J connectivity index is 2.77. The molecule has 1 unspecified atom stereocenters. The van der Waals surface area contributed by atoms with Gasteiger partial charge in [-0.15, -0.1) is 0 Å². The fraction of sp³-hybridized carbons (Fsp3) is 0.526. The summed E-state index contributed by atoms with van der Waals surface area (Å²) in [7, 11) is -1.58. The Bertz CT molecular complexity index is 717. The van der Waals surface area contributed by atoms with E-state index >= 15 is 0 Å². The maximum absolute atomic E-state index is 12.2. The van der Waals surface area contributed by atoms with Crippen LogP contribution in [0.2, 0.25) is 0 Å². The highest BCUT2D eigenvalue weighted by molar-refractivity contribution is 7.85. The molecule has 0 radical (unpaired) electrons. The Hall–Kier alpha value is -1.85. The highest BCUT2D eigenvalue weighted by atomic mass is 32.2. The third-order valence-electron chi connectivity index (χ3n) is 3.69. The summed E-state index contributed by atoms with van der Waals surface area (Å²) in [6.07, 6.45) is -2.26. The van der Waals surface area contributed by atoms with Crippen LogP contribution in [0.3, 0.4) is 0 Å². The number of carbonyl (C=O) groups excluding carboxylic acids is 1. The molecular weight excluding hydrogens is 379 g/mol. The minimum Gasteiger partial charge on any atom is -0.378 e. The van der Waals surface area contributed by atoms with E-state index in [0.29, 0.717) is 23.3 Å². The second-order valence-corrected chi connectivity index (χ2v) is 7.68. The molecule has 1 atom stereocenters. The van der Waals surface area contributed by atoms with Crippen LogP contribution in [0.25, 0.3) is 0 Å². The Morgan fingerprint density at radius 2 is 1.85 bits per heavy atom. The molecule has 4 nitrogen and oxygen atoms in total. The van der Waals surface area contributed by atoms with Crippen molar-refractivity contribution in [2.75, 3.05) is 12.3 Å². The van der Waals surface area contributed by atoms with Gasteiger partial charge in [-0.3, -0.25) is 9.00 Å². The molecule has 27 heavy (non-hydrogen) atoms. The summed E-state index contributed by atoms with van der Waals surface area (Å²) in [5.41, 5.74) is -0.508. The van der Waals surface area contributed by atoms with Crippen LogP contribution in [-0.2, 0) is 15.6 Å². The van der Waals surface area contributed by atoms with Crippen molar-refractivity contribution < 1.29 is 27.3 Å². The average molecular weight is 403 g/mol. The summed E-state index contributed by atoms with van der Waals surface area (Å²) >= 11 is 0. The molecule has 0 aromatic heterocycles. The number of hydrogen-bond acceptors (Lipinski definition) is 3. The van der Waals surface area contributed by atoms with Crippen molar-refractivity contribution in [1.82, 2.24) is 5.32 Å². The van der Waals surface area contributed by atoms with Crippen LogP contribution in [-0.4, -0.2) is 39.3 Å². The molecule has 2 N–H and O–H groups in total. The quantitative estimate of drug-likeness (QED) is 0.656. The number of carbonyl (C=O) groups is 1. The zero-order chi connectivity index (χ0) is 20.5. The summed E-state index contributed by atoms with van der Waals surface area (Å²) in [4.78, 5) is 11.1. The first-order valence-electron chi connectivity index (χ1n) is 8.70. The van der Waals surface area contributed by atoms with Gasteiger partial charge in [0.2, 0.25) is 0 Å². The first kappa shape index (κ1) is 23.2. The van der Waals surface area contributed by atoms with E-state index in [2.05, 4.69) is 11.8 Å². The second kappa shape index (κ2) is 10.5. The van der Waals surface area contributed by atoms with Gasteiger partial charge in [-0.1, -0.05) is 44.6 Å². The maximum Gasteiger partial charge on any atom is 0.471 e. The van der Waals surface area contributed by atoms with Gasteiger partial charge >= 0.3 is 12.1 Å². The van der Waals surface area contributed by atoms with E-state index < -0.39 is 28.5 Å². The topological polar surface area (TPSA) is 66.4 Å². The van der Waals surface area contributed by atoms with E-state index in [-0.39, 0.29) is 12.3 Å². The number of rotatable bonds is 8. The molecule has 1 aromatic rings. The van der Waals surface area contributed by atoms with Crippen molar-refractivity contribution in [2.45, 2.75) is 56.2 Å². The van der Waals surface area contributed by atoms with E-state index in [1.54, 1.807) is 29.6 Å². The number of halogens is 3. The van der Waals surface area contributed by atoms with Gasteiger partial charge in [0.25, 0.3) is 0 Å². The molecule has 0 saturated carbocycles. The summed E-state index contributed by atoms with van der Waals surface area (Å²) in [6, 6.07) is 6.51. The zero-order valence-electron chi connectivity index (χ0n) is 15.4. The predicted octanol–water partition coefficient (Wildman–Crippen LogP) is 3.16. The van der Waals surface area contributed by atoms with Gasteiger partial charge in [0.1, 0.15) is 5.60 Å². The number of nitrogens with one attached hydrogen (secondary N) is 1. The third kappa shape index (κ3) is 8.14. The Morgan fingerprint density at radius 1 is 1.22 bits per heavy atom. The predicted molar refractivity (Wildman–Crippen MR) is 98.4 cm³/mol. The van der Waals surface area contributed by atoms with Crippen LogP contribution < -0.4 is 5.32 Å². The van der Waals surface area contributed by atoms with Gasteiger partial charge < -0.3 is 10.4 Å². The third-order valence-corrected chi connectivity index (χ3v) is 5.05. The van der Waals surface area contributed by atoms with Gasteiger partial charge in [-0.05, 0) is 31.0 Å². The molecule has 0 spiro atoms. The number of benzene rings is 1. The molecule has 0 aliphatic heterocycles. The maximum atomic E-state index is 12.2. The smallest absolute Gasteiger partial charge is 0.378 e. The molecule has 1 amide bonds. The Morgan fingerprint density at radius 3 is 2.41 bits per heavy atom. The molecular formula is C19H24F3NO3S. The molecule has 0 saturated heterocycles. The summed E-state index contributed by atoms with van der Waals surface area (Å²) in [5, 5.41) is 12.2. The Labute approximate surface area is 160 Å². The fourth-order valence-corrected chi connectivity index (χ4v) is 3.47. The molecule has 0 aliphatic carbocycles. The number of hydrogen-bond donors (Lipinski definition) is 2. The lowest BCUT2D eigenvalue weighted by Gasteiger charge is -2.20. The van der Waals surface area contributed by atoms with Gasteiger partial charge in [0.15, 0.2) is 0 Å². The van der Waals surface area contributed by atoms with Crippen molar-refractivity contribution in [3.8, 4) is 11.8 Å². The standard InChI is InChI=1S/C19H24F3NO3S/c1-3-9-18(25,10-4-2)11-8-15-6-5-7-16(14-15)27(26)13-12-23-17(24)19(20,21)22/h5-7,14,25H,3-4,9-10,12-13H2,1-2H3,(H,23,24). The van der Waals surface area contributed by atoms with Crippen molar-refractivity contribution in [3.63, 3.8) is 0 Å². The van der Waals surface area contributed by atoms with E-state index in [9.17, 15) is 27.3 Å². The minimum atomic E-state index is -4.95. The molecule has 1 rings (SSSR count). The summed E-state index contributed by atoms with van der Waals surface area (Å²) < 4.78 is 48.6. The molecule has 0 bridgehead atoms. The lowest BCUT2D eigenvalue weighted by molar-refractivity contribution is -0.173. The van der Waals surface area contributed by atoms with Crippen LogP contribution in [0.5, 0.6) is 0 Å². The molecule has 8 heteroatoms. The first-order chi connectivity index (χ1) is 12.6. The van der Waals surface area contributed by atoms with Crippen molar-refractivity contribution in [2.24, 2.45) is 0 Å². The van der Waals surface area contributed by atoms with Crippen molar-refractivity contribution in [1.29, 1.82) is 0 Å². The van der Waals surface area contributed by atoms with Crippen LogP contribution in [0.4, 0.5) is 13.2 Å². The number of alkyl halides is 3. The number of amides is 1. The highest BCUT2D eigenvalue weighted by Crippen LogP contribution is 2.19. The van der Waals surface area contributed by atoms with Gasteiger partial charge in [-0.2, -0.15) is 13.2 Å². The molecule has 1 aromatic carbocycles. The summed E-state index contributed by atoms with van der Waals surface area (Å²) in [5.74, 6) is 3.58. The number of aliphatic hydroxyl groups is 1. The minimum absolute atomic E-state index is 0.145. The average Bonchev–Trinajstić information content (AvgIpc) is 2.60. The van der Waals surface area contributed by atoms with Crippen LogP contribution in [0, 0.1) is 11.8 Å². The van der Waals surface area contributed by atoms with E-state index in [4.69, 9.17) is 0 Å². The SMILES string of the molecule is CCCC(O)(C#Cc1cccc(S(=O)CCNC(=O)C(F)(F)F)c1)CCC. The summed E-state index contributed by atoms with van der Waals surface area (Å²) in [6.45, 7) is 3.57. The van der Waals surface area contributed by atoms with E-state index in [1.807, 2.05) is 13.8 Å². The van der Waals surface area contributed by atoms with Gasteiger partial charge in [-0.25, -0.2) is 0 Å². The normalized spacial score (nSPS) is 12.8. The zero-order valence-corrected chi connectivity index (χ0v) is 16.2. The molecule has 0 fully saturated rings. The monoisotopic (exact) mass is 403 g/mol. The van der Waals surface area contributed by atoms with Gasteiger partial charge in [0.05, 0.1) is 10.8 Å². The lowest BCUT2D eigenvalue weighted by atomic mass is 9.93. The van der Waals surface area contributed by atoms with Crippen molar-refractivity contribution in [3.05, 3.63) is 29.8 Å². The van der Waals surface area contributed by atoms with Crippen LogP contribution in [0.15, 0.2) is 29.2 Å². The largest absolute Gasteiger partial charge is 0.471 e. The first-order valence-corrected chi connectivity index (χ1v) is 10.0. The lowest BCUT2D eigenvalue weighted by Crippen LogP contribution is -2.38. The van der Waals surface area contributed by atoms with Crippen molar-refractivity contribution >= 4 is 16.7 Å². The van der Waals surface area contributed by atoms with Crippen LogP contribution in [0.1, 0.15) is 45.1 Å². The fourth-order valence-electron chi connectivity index (χ4n) is 2.46. The van der Waals surface area contributed by atoms with Crippen LogP contribution >= 0.6 is 0 Å². The Kier molecular flexibility index (Phi) is 9.00. The van der Waals surface area contributed by atoms with E-state index in [0.717, 1.165) is 12.8 Å². The highest BCUT2D eigenvalue weighted by Gasteiger charge is 2.38. The molecule has 0 aliphatic rings. The molecule has 0 heterocycles. The molecule has 150 valence electrons.